The van der Waals surface area contributed by atoms with Gasteiger partial charge in [-0.3, -0.25) is 4.79 Å². The van der Waals surface area contributed by atoms with E-state index in [0.29, 0.717) is 23.5 Å². The van der Waals surface area contributed by atoms with Gasteiger partial charge in [-0.15, -0.1) is 0 Å². The van der Waals surface area contributed by atoms with Crippen LogP contribution in [0.25, 0.3) is 0 Å². The SMILES string of the molecule is CNC(C)c1c(N)ncnc1Cc1cccc(NC(=O)c2ccc(F)cc2)c1. The Morgan fingerprint density at radius 2 is 1.93 bits per heavy atom. The van der Waals surface area contributed by atoms with Crippen molar-refractivity contribution in [3.63, 3.8) is 0 Å². The quantitative estimate of drug-likeness (QED) is 0.611. The van der Waals surface area contributed by atoms with Crippen LogP contribution in [0.1, 0.15) is 40.1 Å². The van der Waals surface area contributed by atoms with Gasteiger partial charge in [0.2, 0.25) is 0 Å². The molecule has 1 amide bonds. The lowest BCUT2D eigenvalue weighted by molar-refractivity contribution is 0.102. The second kappa shape index (κ2) is 8.58. The highest BCUT2D eigenvalue weighted by molar-refractivity contribution is 6.04. The highest BCUT2D eigenvalue weighted by Gasteiger charge is 2.15. The third-order valence-electron chi connectivity index (χ3n) is 4.53. The molecule has 0 saturated carbocycles. The molecule has 6 nitrogen and oxygen atoms in total. The molecule has 3 rings (SSSR count). The Balaban J connectivity index is 1.80. The summed E-state index contributed by atoms with van der Waals surface area (Å²) in [4.78, 5) is 20.8. The van der Waals surface area contributed by atoms with E-state index < -0.39 is 0 Å². The van der Waals surface area contributed by atoms with Crippen molar-refractivity contribution in [2.45, 2.75) is 19.4 Å². The van der Waals surface area contributed by atoms with Gasteiger partial charge in [-0.2, -0.15) is 0 Å². The van der Waals surface area contributed by atoms with Gasteiger partial charge in [0.15, 0.2) is 0 Å². The number of nitrogens with zero attached hydrogens (tertiary/aromatic N) is 2. The minimum atomic E-state index is -0.380. The maximum atomic E-state index is 13.0. The van der Waals surface area contributed by atoms with E-state index in [1.807, 2.05) is 32.2 Å². The molecule has 0 fully saturated rings. The number of halogens is 1. The van der Waals surface area contributed by atoms with E-state index in [1.165, 1.54) is 30.6 Å². The van der Waals surface area contributed by atoms with Crippen LogP contribution < -0.4 is 16.4 Å². The van der Waals surface area contributed by atoms with Gasteiger partial charge in [0.05, 0.1) is 5.69 Å². The topological polar surface area (TPSA) is 92.9 Å². The third-order valence-corrected chi connectivity index (χ3v) is 4.53. The molecule has 0 aliphatic rings. The first-order chi connectivity index (χ1) is 13.5. The summed E-state index contributed by atoms with van der Waals surface area (Å²) in [5, 5.41) is 6.00. The molecule has 4 N–H and O–H groups in total. The van der Waals surface area contributed by atoms with Crippen LogP contribution in [0.3, 0.4) is 0 Å². The summed E-state index contributed by atoms with van der Waals surface area (Å²) >= 11 is 0. The summed E-state index contributed by atoms with van der Waals surface area (Å²) < 4.78 is 13.0. The van der Waals surface area contributed by atoms with E-state index >= 15 is 0 Å². The minimum Gasteiger partial charge on any atom is -0.383 e. The normalized spacial score (nSPS) is 11.8. The number of rotatable bonds is 6. The molecule has 144 valence electrons. The molecular weight excluding hydrogens is 357 g/mol. The van der Waals surface area contributed by atoms with Crippen molar-refractivity contribution in [2.75, 3.05) is 18.1 Å². The summed E-state index contributed by atoms with van der Waals surface area (Å²) in [6.07, 6.45) is 2.01. The number of nitrogens with two attached hydrogens (primary N) is 1. The molecule has 3 aromatic rings. The smallest absolute Gasteiger partial charge is 0.255 e. The first-order valence-electron chi connectivity index (χ1n) is 8.90. The van der Waals surface area contributed by atoms with Gasteiger partial charge >= 0.3 is 0 Å². The van der Waals surface area contributed by atoms with E-state index in [1.54, 1.807) is 6.07 Å². The van der Waals surface area contributed by atoms with Crippen LogP contribution >= 0.6 is 0 Å². The van der Waals surface area contributed by atoms with Crippen LogP contribution in [0.4, 0.5) is 15.9 Å². The number of nitrogen functional groups attached to an aromatic ring is 1. The van der Waals surface area contributed by atoms with Gasteiger partial charge in [-0.1, -0.05) is 12.1 Å². The highest BCUT2D eigenvalue weighted by Crippen LogP contribution is 2.24. The fourth-order valence-electron chi connectivity index (χ4n) is 2.96. The van der Waals surface area contributed by atoms with Crippen molar-refractivity contribution in [3.05, 3.63) is 83.1 Å². The molecule has 0 aliphatic heterocycles. The number of carbonyl (C=O) groups is 1. The fraction of sp³-hybridized carbons (Fsp3) is 0.190. The van der Waals surface area contributed by atoms with E-state index in [9.17, 15) is 9.18 Å². The standard InChI is InChI=1S/C21H22FN5O/c1-13(24-2)19-18(25-12-26-20(19)23)11-14-4-3-5-17(10-14)27-21(28)15-6-8-16(22)9-7-15/h3-10,12-13,24H,11H2,1-2H3,(H,27,28)(H2,23,25,26). The number of amides is 1. The largest absolute Gasteiger partial charge is 0.383 e. The van der Waals surface area contributed by atoms with Crippen LogP contribution in [0.2, 0.25) is 0 Å². The number of carbonyl (C=O) groups excluding carboxylic acids is 1. The van der Waals surface area contributed by atoms with E-state index in [2.05, 4.69) is 20.6 Å². The molecule has 0 bridgehead atoms. The number of hydrogen-bond acceptors (Lipinski definition) is 5. The number of benzene rings is 2. The van der Waals surface area contributed by atoms with E-state index in [-0.39, 0.29) is 17.8 Å². The van der Waals surface area contributed by atoms with Crippen molar-refractivity contribution in [3.8, 4) is 0 Å². The lowest BCUT2D eigenvalue weighted by Gasteiger charge is -2.16. The molecule has 2 aromatic carbocycles. The predicted molar refractivity (Wildman–Crippen MR) is 108 cm³/mol. The summed E-state index contributed by atoms with van der Waals surface area (Å²) in [5.41, 5.74) is 9.76. The summed E-state index contributed by atoms with van der Waals surface area (Å²) in [6.45, 7) is 2.00. The summed E-state index contributed by atoms with van der Waals surface area (Å²) in [5.74, 6) is -0.227. The molecule has 0 aliphatic carbocycles. The number of aromatic nitrogens is 2. The Hall–Kier alpha value is -3.32. The van der Waals surface area contributed by atoms with Gasteiger partial charge in [-0.25, -0.2) is 14.4 Å². The van der Waals surface area contributed by atoms with Crippen molar-refractivity contribution in [1.29, 1.82) is 0 Å². The highest BCUT2D eigenvalue weighted by atomic mass is 19.1. The molecule has 0 spiro atoms. The van der Waals surface area contributed by atoms with Crippen molar-refractivity contribution in [1.82, 2.24) is 15.3 Å². The summed E-state index contributed by atoms with van der Waals surface area (Å²) in [6, 6.07) is 12.9. The number of nitrogens with one attached hydrogen (secondary N) is 2. The third kappa shape index (κ3) is 4.50. The van der Waals surface area contributed by atoms with Crippen LogP contribution in [0, 0.1) is 5.82 Å². The maximum absolute atomic E-state index is 13.0. The molecular formula is C21H22FN5O. The van der Waals surface area contributed by atoms with Gasteiger partial charge in [0.1, 0.15) is 18.0 Å². The Morgan fingerprint density at radius 3 is 2.64 bits per heavy atom. The second-order valence-corrected chi connectivity index (χ2v) is 6.47. The predicted octanol–water partition coefficient (Wildman–Crippen LogP) is 3.32. The van der Waals surface area contributed by atoms with Crippen LogP contribution in [-0.4, -0.2) is 22.9 Å². The average molecular weight is 379 g/mol. The monoisotopic (exact) mass is 379 g/mol. The molecule has 1 unspecified atom stereocenters. The zero-order chi connectivity index (χ0) is 20.1. The summed E-state index contributed by atoms with van der Waals surface area (Å²) in [7, 11) is 1.85. The molecule has 28 heavy (non-hydrogen) atoms. The van der Waals surface area contributed by atoms with Gasteiger partial charge < -0.3 is 16.4 Å². The molecule has 7 heteroatoms. The molecule has 1 atom stereocenters. The Morgan fingerprint density at radius 1 is 1.18 bits per heavy atom. The fourth-order valence-corrected chi connectivity index (χ4v) is 2.96. The van der Waals surface area contributed by atoms with Crippen LogP contribution in [0.15, 0.2) is 54.9 Å². The van der Waals surface area contributed by atoms with E-state index in [4.69, 9.17) is 5.73 Å². The molecule has 1 heterocycles. The zero-order valence-corrected chi connectivity index (χ0v) is 15.7. The van der Waals surface area contributed by atoms with Gasteiger partial charge in [-0.05, 0) is 55.9 Å². The molecule has 0 radical (unpaired) electrons. The first-order valence-corrected chi connectivity index (χ1v) is 8.90. The minimum absolute atomic E-state index is 0.0116. The van der Waals surface area contributed by atoms with Crippen molar-refractivity contribution < 1.29 is 9.18 Å². The van der Waals surface area contributed by atoms with E-state index in [0.717, 1.165) is 16.8 Å². The average Bonchev–Trinajstić information content (AvgIpc) is 2.68. The Bertz CT molecular complexity index is 975. The lowest BCUT2D eigenvalue weighted by atomic mass is 10.0. The number of hydrogen-bond donors (Lipinski definition) is 3. The molecule has 1 aromatic heterocycles. The van der Waals surface area contributed by atoms with Crippen LogP contribution in [0.5, 0.6) is 0 Å². The second-order valence-electron chi connectivity index (χ2n) is 6.47. The van der Waals surface area contributed by atoms with Crippen molar-refractivity contribution >= 4 is 17.4 Å². The Labute approximate surface area is 163 Å². The van der Waals surface area contributed by atoms with Crippen LogP contribution in [-0.2, 0) is 6.42 Å². The zero-order valence-electron chi connectivity index (χ0n) is 15.7. The van der Waals surface area contributed by atoms with Gasteiger partial charge in [0, 0.05) is 29.3 Å². The first kappa shape index (κ1) is 19.4. The van der Waals surface area contributed by atoms with Gasteiger partial charge in [0.25, 0.3) is 5.91 Å². The maximum Gasteiger partial charge on any atom is 0.255 e. The van der Waals surface area contributed by atoms with Crippen molar-refractivity contribution in [2.24, 2.45) is 0 Å². The number of anilines is 2. The Kier molecular flexibility index (Phi) is 5.96. The molecule has 0 saturated heterocycles. The lowest BCUT2D eigenvalue weighted by Crippen LogP contribution is -2.18.